The largest absolute Gasteiger partial charge is 0.497 e. The topological polar surface area (TPSA) is 68.9 Å². The Labute approximate surface area is 202 Å². The molecule has 0 spiro atoms. The molecule has 34 heavy (non-hydrogen) atoms. The van der Waals surface area contributed by atoms with E-state index in [1.165, 1.54) is 4.57 Å². The van der Waals surface area contributed by atoms with Gasteiger partial charge in [0.25, 0.3) is 5.56 Å². The van der Waals surface area contributed by atoms with Gasteiger partial charge in [-0.1, -0.05) is 0 Å². The highest BCUT2D eigenvalue weighted by Gasteiger charge is 2.26. The van der Waals surface area contributed by atoms with E-state index in [1.807, 2.05) is 52.0 Å². The second kappa shape index (κ2) is 10.7. The average molecular weight is 473 g/mol. The van der Waals surface area contributed by atoms with Gasteiger partial charge in [0.05, 0.1) is 7.11 Å². The van der Waals surface area contributed by atoms with E-state index < -0.39 is 0 Å². The monoisotopic (exact) mass is 472 g/mol. The number of hydrogen-bond acceptors (Lipinski definition) is 6. The molecule has 0 bridgehead atoms. The molecule has 0 radical (unpaired) electrons. The predicted molar refractivity (Wildman–Crippen MR) is 137 cm³/mol. The van der Waals surface area contributed by atoms with Crippen LogP contribution in [-0.4, -0.2) is 59.5 Å². The highest BCUT2D eigenvalue weighted by atomic mass is 16.5. The van der Waals surface area contributed by atoms with E-state index in [-0.39, 0.29) is 28.9 Å². The average Bonchev–Trinajstić information content (AvgIpc) is 2.77. The first kappa shape index (κ1) is 25.9. The van der Waals surface area contributed by atoms with Crippen LogP contribution in [0.5, 0.6) is 11.5 Å². The standard InChI is InChI=1S/C26H40N4O4/c1-19(2)29-23(18-24(31)30(20(3)4)25(29)32)28-16-14-27(15-17-28)13-12-26(5,6)34-22-10-8-21(33-7)9-11-22/h8-11,18-20H,12-17H2,1-7H3. The first-order valence-corrected chi connectivity index (χ1v) is 12.2. The molecule has 0 amide bonds. The van der Waals surface area contributed by atoms with Crippen LogP contribution in [0.2, 0.25) is 0 Å². The molecule has 188 valence electrons. The fourth-order valence-electron chi connectivity index (χ4n) is 4.40. The lowest BCUT2D eigenvalue weighted by Crippen LogP contribution is -2.51. The van der Waals surface area contributed by atoms with Crippen molar-refractivity contribution < 1.29 is 9.47 Å². The van der Waals surface area contributed by atoms with Gasteiger partial charge in [-0.15, -0.1) is 0 Å². The van der Waals surface area contributed by atoms with Crippen LogP contribution in [0.15, 0.2) is 39.9 Å². The summed E-state index contributed by atoms with van der Waals surface area (Å²) < 4.78 is 14.5. The van der Waals surface area contributed by atoms with Gasteiger partial charge in [-0.25, -0.2) is 4.79 Å². The molecule has 0 N–H and O–H groups in total. The van der Waals surface area contributed by atoms with Crippen molar-refractivity contribution in [2.45, 2.75) is 65.6 Å². The van der Waals surface area contributed by atoms with Crippen molar-refractivity contribution >= 4 is 5.82 Å². The summed E-state index contributed by atoms with van der Waals surface area (Å²) in [4.78, 5) is 30.3. The number of piperazine rings is 1. The van der Waals surface area contributed by atoms with Crippen molar-refractivity contribution in [2.75, 3.05) is 44.7 Å². The van der Waals surface area contributed by atoms with Crippen molar-refractivity contribution in [3.05, 3.63) is 51.2 Å². The molecule has 0 atom stereocenters. The van der Waals surface area contributed by atoms with Gasteiger partial charge in [0.15, 0.2) is 0 Å². The maximum atomic E-state index is 13.1. The number of ether oxygens (including phenoxy) is 2. The second-order valence-corrected chi connectivity index (χ2v) is 10.2. The molecule has 0 saturated carbocycles. The maximum Gasteiger partial charge on any atom is 0.333 e. The van der Waals surface area contributed by atoms with Crippen LogP contribution in [0, 0.1) is 0 Å². The molecule has 2 heterocycles. The zero-order valence-electron chi connectivity index (χ0n) is 21.7. The minimum atomic E-state index is -0.300. The fraction of sp³-hybridized carbons (Fsp3) is 0.615. The molecule has 1 fully saturated rings. The Bertz CT molecular complexity index is 1060. The maximum absolute atomic E-state index is 13.1. The number of rotatable bonds is 9. The number of methoxy groups -OCH3 is 1. The zero-order chi connectivity index (χ0) is 25.0. The minimum absolute atomic E-state index is 0.0259. The summed E-state index contributed by atoms with van der Waals surface area (Å²) in [7, 11) is 1.65. The first-order valence-electron chi connectivity index (χ1n) is 12.2. The Hall–Kier alpha value is -2.74. The number of benzene rings is 1. The summed E-state index contributed by atoms with van der Waals surface area (Å²) >= 11 is 0. The molecular weight excluding hydrogens is 432 g/mol. The fourth-order valence-corrected chi connectivity index (χ4v) is 4.40. The lowest BCUT2D eigenvalue weighted by Gasteiger charge is -2.38. The Kier molecular flexibility index (Phi) is 8.13. The lowest BCUT2D eigenvalue weighted by atomic mass is 10.0. The van der Waals surface area contributed by atoms with Gasteiger partial charge in [-0.05, 0) is 72.2 Å². The molecule has 1 aromatic carbocycles. The Morgan fingerprint density at radius 1 is 0.882 bits per heavy atom. The van der Waals surface area contributed by atoms with Crippen LogP contribution >= 0.6 is 0 Å². The number of aromatic nitrogens is 2. The van der Waals surface area contributed by atoms with Gasteiger partial charge < -0.3 is 14.4 Å². The quantitative estimate of drug-likeness (QED) is 0.556. The molecule has 1 aliphatic heterocycles. The van der Waals surface area contributed by atoms with E-state index in [4.69, 9.17) is 9.47 Å². The summed E-state index contributed by atoms with van der Waals surface area (Å²) in [6.45, 7) is 16.1. The van der Waals surface area contributed by atoms with Crippen LogP contribution in [0.4, 0.5) is 5.82 Å². The normalized spacial score (nSPS) is 15.3. The zero-order valence-corrected chi connectivity index (χ0v) is 21.7. The molecule has 0 unspecified atom stereocenters. The molecule has 1 aromatic heterocycles. The van der Waals surface area contributed by atoms with Crippen LogP contribution < -0.4 is 25.6 Å². The minimum Gasteiger partial charge on any atom is -0.497 e. The van der Waals surface area contributed by atoms with E-state index >= 15 is 0 Å². The Morgan fingerprint density at radius 3 is 1.97 bits per heavy atom. The number of hydrogen-bond donors (Lipinski definition) is 0. The molecule has 2 aromatic rings. The second-order valence-electron chi connectivity index (χ2n) is 10.2. The van der Waals surface area contributed by atoms with E-state index in [1.54, 1.807) is 17.7 Å². The molecule has 8 heteroatoms. The van der Waals surface area contributed by atoms with Gasteiger partial charge in [-0.2, -0.15) is 0 Å². The van der Waals surface area contributed by atoms with Crippen molar-refractivity contribution in [3.8, 4) is 11.5 Å². The molecular formula is C26H40N4O4. The van der Waals surface area contributed by atoms with Crippen LogP contribution in [0.25, 0.3) is 0 Å². The highest BCUT2D eigenvalue weighted by molar-refractivity contribution is 5.40. The van der Waals surface area contributed by atoms with E-state index in [2.05, 4.69) is 23.6 Å². The molecule has 8 nitrogen and oxygen atoms in total. The third-order valence-corrected chi connectivity index (χ3v) is 6.36. The SMILES string of the molecule is COc1ccc(OC(C)(C)CCN2CCN(c3cc(=O)n(C(C)C)c(=O)n3C(C)C)CC2)cc1. The highest BCUT2D eigenvalue weighted by Crippen LogP contribution is 2.24. The van der Waals surface area contributed by atoms with Gasteiger partial charge in [0, 0.05) is 50.9 Å². The Morgan fingerprint density at radius 2 is 1.44 bits per heavy atom. The van der Waals surface area contributed by atoms with Crippen molar-refractivity contribution in [1.29, 1.82) is 0 Å². The van der Waals surface area contributed by atoms with Crippen molar-refractivity contribution in [3.63, 3.8) is 0 Å². The summed E-state index contributed by atoms with van der Waals surface area (Å²) in [5.41, 5.74) is -0.760. The number of nitrogens with zero attached hydrogens (tertiary/aromatic N) is 4. The third kappa shape index (κ3) is 6.03. The summed E-state index contributed by atoms with van der Waals surface area (Å²) in [5, 5.41) is 0. The van der Waals surface area contributed by atoms with Crippen LogP contribution in [0.3, 0.4) is 0 Å². The van der Waals surface area contributed by atoms with Gasteiger partial charge in [0.1, 0.15) is 22.9 Å². The van der Waals surface area contributed by atoms with E-state index in [0.717, 1.165) is 56.5 Å². The van der Waals surface area contributed by atoms with E-state index in [0.29, 0.717) is 0 Å². The molecule has 1 aliphatic rings. The van der Waals surface area contributed by atoms with Crippen LogP contribution in [0.1, 0.15) is 60.0 Å². The summed E-state index contributed by atoms with van der Waals surface area (Å²) in [6.07, 6.45) is 0.889. The lowest BCUT2D eigenvalue weighted by molar-refractivity contribution is 0.0820. The molecule has 3 rings (SSSR count). The van der Waals surface area contributed by atoms with Gasteiger partial charge in [0.2, 0.25) is 0 Å². The smallest absolute Gasteiger partial charge is 0.333 e. The molecule has 1 saturated heterocycles. The Balaban J connectivity index is 1.62. The van der Waals surface area contributed by atoms with Crippen molar-refractivity contribution in [1.82, 2.24) is 14.0 Å². The summed E-state index contributed by atoms with van der Waals surface area (Å²) in [5.74, 6) is 2.37. The first-order chi connectivity index (χ1) is 16.0. The summed E-state index contributed by atoms with van der Waals surface area (Å²) in [6, 6.07) is 9.10. The predicted octanol–water partition coefficient (Wildman–Crippen LogP) is 3.55. The number of anilines is 1. The van der Waals surface area contributed by atoms with Gasteiger partial charge in [-0.3, -0.25) is 18.8 Å². The van der Waals surface area contributed by atoms with Crippen LogP contribution in [-0.2, 0) is 0 Å². The molecule has 0 aliphatic carbocycles. The third-order valence-electron chi connectivity index (χ3n) is 6.36. The van der Waals surface area contributed by atoms with Gasteiger partial charge >= 0.3 is 5.69 Å². The van der Waals surface area contributed by atoms with E-state index in [9.17, 15) is 9.59 Å². The van der Waals surface area contributed by atoms with Crippen molar-refractivity contribution in [2.24, 2.45) is 0 Å².